The molecule has 32 heavy (non-hydrogen) atoms. The highest BCUT2D eigenvalue weighted by molar-refractivity contribution is 9.09. The minimum Gasteiger partial charge on any atom is -0.466 e. The summed E-state index contributed by atoms with van der Waals surface area (Å²) in [4.78, 5) is 42.0. The molecule has 2 amide bonds. The van der Waals surface area contributed by atoms with E-state index in [0.717, 1.165) is 5.56 Å². The molecule has 1 aromatic rings. The van der Waals surface area contributed by atoms with Crippen molar-refractivity contribution in [1.82, 2.24) is 10.2 Å². The van der Waals surface area contributed by atoms with Gasteiger partial charge in [-0.1, -0.05) is 46.3 Å². The topological polar surface area (TPSA) is 95.9 Å². The van der Waals surface area contributed by atoms with Gasteiger partial charge >= 0.3 is 5.97 Å². The molecule has 1 spiro atoms. The molecule has 174 valence electrons. The Morgan fingerprint density at radius 3 is 2.62 bits per heavy atom. The van der Waals surface area contributed by atoms with Gasteiger partial charge in [0.25, 0.3) is 0 Å². The third-order valence-electron chi connectivity index (χ3n) is 6.66. The molecular formula is C23H29BrN2O5S. The molecule has 9 heteroatoms. The van der Waals surface area contributed by atoms with Crippen LogP contribution in [-0.4, -0.2) is 67.9 Å². The number of aliphatic hydroxyl groups excluding tert-OH is 1. The standard InChI is InChI=1S/C23H29BrN2O5S/c1-4-31-22(30)16-17-21(29)26(15(11-27)13-8-6-5-7-9-13)19(20(28)25-12(2)3)23(17)10-14(24)18(16)32-23/h5-9,12,14-19,27H,4,10-11H2,1-3H3,(H,25,28)/t14?,15-,16-,17+,18-,19?,23?/m1/s1. The highest BCUT2D eigenvalue weighted by atomic mass is 79.9. The van der Waals surface area contributed by atoms with Crippen LogP contribution in [0.5, 0.6) is 0 Å². The smallest absolute Gasteiger partial charge is 0.310 e. The highest BCUT2D eigenvalue weighted by Gasteiger charge is 2.76. The molecule has 4 rings (SSSR count). The van der Waals surface area contributed by atoms with E-state index in [1.807, 2.05) is 44.2 Å². The molecule has 3 fully saturated rings. The van der Waals surface area contributed by atoms with Crippen molar-refractivity contribution < 1.29 is 24.2 Å². The van der Waals surface area contributed by atoms with Crippen LogP contribution in [0.25, 0.3) is 0 Å². The van der Waals surface area contributed by atoms with E-state index in [1.165, 1.54) is 4.90 Å². The summed E-state index contributed by atoms with van der Waals surface area (Å²) in [6.07, 6.45) is 0.592. The third-order valence-corrected chi connectivity index (χ3v) is 9.88. The van der Waals surface area contributed by atoms with Gasteiger partial charge in [-0.05, 0) is 32.8 Å². The van der Waals surface area contributed by atoms with Gasteiger partial charge in [0, 0.05) is 16.1 Å². The molecule has 0 radical (unpaired) electrons. The fraction of sp³-hybridized carbons (Fsp3) is 0.609. The van der Waals surface area contributed by atoms with Crippen molar-refractivity contribution in [3.05, 3.63) is 35.9 Å². The van der Waals surface area contributed by atoms with Crippen molar-refractivity contribution in [3.63, 3.8) is 0 Å². The van der Waals surface area contributed by atoms with Gasteiger partial charge < -0.3 is 20.1 Å². The molecule has 7 nitrogen and oxygen atoms in total. The number of aliphatic hydroxyl groups is 1. The van der Waals surface area contributed by atoms with E-state index in [2.05, 4.69) is 21.2 Å². The van der Waals surface area contributed by atoms with E-state index >= 15 is 0 Å². The maximum Gasteiger partial charge on any atom is 0.310 e. The van der Waals surface area contributed by atoms with Gasteiger partial charge in [-0.2, -0.15) is 0 Å². The van der Waals surface area contributed by atoms with Crippen molar-refractivity contribution in [2.75, 3.05) is 13.2 Å². The summed E-state index contributed by atoms with van der Waals surface area (Å²) in [5, 5.41) is 13.2. The number of amides is 2. The lowest BCUT2D eigenvalue weighted by Gasteiger charge is -2.37. The second-order valence-electron chi connectivity index (χ2n) is 8.93. The quantitative estimate of drug-likeness (QED) is 0.419. The molecule has 3 heterocycles. The van der Waals surface area contributed by atoms with Crippen molar-refractivity contribution in [2.45, 2.75) is 60.1 Å². The molecule has 1 aromatic carbocycles. The predicted octanol–water partition coefficient (Wildman–Crippen LogP) is 2.27. The van der Waals surface area contributed by atoms with E-state index in [0.29, 0.717) is 6.42 Å². The van der Waals surface area contributed by atoms with Crippen molar-refractivity contribution in [1.29, 1.82) is 0 Å². The van der Waals surface area contributed by atoms with E-state index < -0.39 is 28.7 Å². The Bertz CT molecular complexity index is 900. The van der Waals surface area contributed by atoms with Crippen LogP contribution in [0.4, 0.5) is 0 Å². The van der Waals surface area contributed by atoms with Gasteiger partial charge in [0.05, 0.1) is 35.8 Å². The van der Waals surface area contributed by atoms with Gasteiger partial charge in [-0.25, -0.2) is 0 Å². The number of thioether (sulfide) groups is 1. The Morgan fingerprint density at radius 1 is 1.34 bits per heavy atom. The second-order valence-corrected chi connectivity index (χ2v) is 11.6. The average Bonchev–Trinajstić information content (AvgIpc) is 3.33. The van der Waals surface area contributed by atoms with Gasteiger partial charge in [0.2, 0.25) is 11.8 Å². The Hall–Kier alpha value is -1.58. The molecule has 3 aliphatic rings. The van der Waals surface area contributed by atoms with E-state index in [-0.39, 0.29) is 47.1 Å². The minimum absolute atomic E-state index is 0.00967. The van der Waals surface area contributed by atoms with Crippen LogP contribution in [0.15, 0.2) is 30.3 Å². The Morgan fingerprint density at radius 2 is 2.03 bits per heavy atom. The number of likely N-dealkylation sites (tertiary alicyclic amines) is 1. The molecular weight excluding hydrogens is 496 g/mol. The monoisotopic (exact) mass is 524 g/mol. The summed E-state index contributed by atoms with van der Waals surface area (Å²) < 4.78 is 4.60. The van der Waals surface area contributed by atoms with Crippen LogP contribution in [0, 0.1) is 11.8 Å². The van der Waals surface area contributed by atoms with Crippen LogP contribution < -0.4 is 5.32 Å². The number of fused-ring (bicyclic) bond motifs is 1. The van der Waals surface area contributed by atoms with Crippen LogP contribution in [0.3, 0.4) is 0 Å². The fourth-order valence-corrected chi connectivity index (χ4v) is 9.19. The van der Waals surface area contributed by atoms with Crippen LogP contribution >= 0.6 is 27.7 Å². The first kappa shape index (κ1) is 23.6. The predicted molar refractivity (Wildman–Crippen MR) is 125 cm³/mol. The Balaban J connectivity index is 1.83. The number of carbonyl (C=O) groups is 3. The van der Waals surface area contributed by atoms with Gasteiger partial charge in [0.15, 0.2) is 0 Å². The molecule has 0 saturated carbocycles. The normalized spacial score (nSPS) is 34.0. The fourth-order valence-electron chi connectivity index (χ4n) is 5.60. The van der Waals surface area contributed by atoms with Gasteiger partial charge in [-0.3, -0.25) is 14.4 Å². The zero-order chi connectivity index (χ0) is 23.2. The number of rotatable bonds is 7. The number of carbonyl (C=O) groups excluding carboxylic acids is 3. The van der Waals surface area contributed by atoms with Crippen molar-refractivity contribution >= 4 is 45.5 Å². The average molecular weight is 525 g/mol. The molecule has 3 saturated heterocycles. The summed E-state index contributed by atoms with van der Waals surface area (Å²) in [6.45, 7) is 5.42. The van der Waals surface area contributed by atoms with Gasteiger partial charge in [0.1, 0.15) is 6.04 Å². The molecule has 0 aliphatic carbocycles. The lowest BCUT2D eigenvalue weighted by Crippen LogP contribution is -2.56. The van der Waals surface area contributed by atoms with Crippen LogP contribution in [0.2, 0.25) is 0 Å². The molecule has 7 atom stereocenters. The molecule has 3 aliphatic heterocycles. The lowest BCUT2D eigenvalue weighted by atomic mass is 9.71. The Kier molecular flexibility index (Phi) is 6.62. The summed E-state index contributed by atoms with van der Waals surface area (Å²) in [6, 6.07) is 7.66. The number of nitrogens with one attached hydrogen (secondary N) is 1. The number of alkyl halides is 1. The number of hydrogen-bond donors (Lipinski definition) is 2. The number of benzene rings is 1. The Labute approximate surface area is 200 Å². The number of halogens is 1. The summed E-state index contributed by atoms with van der Waals surface area (Å²) in [7, 11) is 0. The van der Waals surface area contributed by atoms with E-state index in [1.54, 1.807) is 18.7 Å². The zero-order valence-electron chi connectivity index (χ0n) is 18.4. The van der Waals surface area contributed by atoms with Crippen LogP contribution in [0.1, 0.15) is 38.8 Å². The number of hydrogen-bond acceptors (Lipinski definition) is 6. The minimum atomic E-state index is -0.797. The zero-order valence-corrected chi connectivity index (χ0v) is 20.8. The maximum absolute atomic E-state index is 14.0. The number of nitrogens with zero attached hydrogens (tertiary/aromatic N) is 1. The third kappa shape index (κ3) is 3.56. The molecule has 2 bridgehead atoms. The molecule has 0 aromatic heterocycles. The van der Waals surface area contributed by atoms with Crippen LogP contribution in [-0.2, 0) is 19.1 Å². The summed E-state index contributed by atoms with van der Waals surface area (Å²) >= 11 is 5.27. The maximum atomic E-state index is 14.0. The second kappa shape index (κ2) is 8.99. The summed E-state index contributed by atoms with van der Waals surface area (Å²) in [5.74, 6) is -2.18. The van der Waals surface area contributed by atoms with E-state index in [4.69, 9.17) is 4.74 Å². The first-order valence-electron chi connectivity index (χ1n) is 11.0. The summed E-state index contributed by atoms with van der Waals surface area (Å²) in [5.41, 5.74) is 0.754. The van der Waals surface area contributed by atoms with Gasteiger partial charge in [-0.15, -0.1) is 11.8 Å². The largest absolute Gasteiger partial charge is 0.466 e. The SMILES string of the molecule is CCOC(=O)[C@H]1[C@@H]2SC3(CC2Br)C(C(=O)NC(C)C)N([C@H](CO)c2ccccc2)C(=O)[C@H]13. The lowest BCUT2D eigenvalue weighted by molar-refractivity contribution is -0.154. The molecule has 3 unspecified atom stereocenters. The first-order chi connectivity index (χ1) is 15.3. The first-order valence-corrected chi connectivity index (χ1v) is 12.8. The van der Waals surface area contributed by atoms with Crippen molar-refractivity contribution in [3.8, 4) is 0 Å². The van der Waals surface area contributed by atoms with Crippen molar-refractivity contribution in [2.24, 2.45) is 11.8 Å². The number of esters is 1. The highest BCUT2D eigenvalue weighted by Crippen LogP contribution is 2.68. The number of ether oxygens (including phenoxy) is 1. The molecule has 2 N–H and O–H groups in total. The van der Waals surface area contributed by atoms with E-state index in [9.17, 15) is 19.5 Å².